The van der Waals surface area contributed by atoms with E-state index < -0.39 is 54.7 Å². The summed E-state index contributed by atoms with van der Waals surface area (Å²) in [5, 5.41) is 0. The largest absolute Gasteiger partial charge is 0.484 e. The summed E-state index contributed by atoms with van der Waals surface area (Å²) in [4.78, 5) is 47.7. The Balaban J connectivity index is 1.77. The molecule has 3 heterocycles. The minimum absolute atomic E-state index is 0.00431. The van der Waals surface area contributed by atoms with Gasteiger partial charge in [-0.05, 0) is 25.3 Å². The minimum Gasteiger partial charge on any atom is -0.484 e. The van der Waals surface area contributed by atoms with E-state index >= 15 is 0 Å². The molecule has 3 saturated heterocycles. The van der Waals surface area contributed by atoms with E-state index in [-0.39, 0.29) is 18.8 Å². The SMILES string of the molecule is CC(=O)OC[C@H]1O[C@@H](OC2C(=O)C(=C3CCOCC3)OC2C)C[C@@H](OC(C)=O)[C@@H]1OC(C)=O. The van der Waals surface area contributed by atoms with E-state index in [4.69, 9.17) is 33.2 Å². The van der Waals surface area contributed by atoms with Crippen LogP contribution in [0.15, 0.2) is 11.3 Å². The summed E-state index contributed by atoms with van der Waals surface area (Å²) in [5.41, 5.74) is 0.897. The van der Waals surface area contributed by atoms with Crippen molar-refractivity contribution in [1.29, 1.82) is 0 Å². The van der Waals surface area contributed by atoms with Crippen molar-refractivity contribution in [2.45, 2.75) is 83.8 Å². The second-order valence-electron chi connectivity index (χ2n) is 8.15. The molecule has 184 valence electrons. The zero-order chi connectivity index (χ0) is 24.1. The van der Waals surface area contributed by atoms with E-state index in [1.807, 2.05) is 0 Å². The third kappa shape index (κ3) is 6.52. The molecule has 3 aliphatic heterocycles. The Morgan fingerprint density at radius 2 is 1.67 bits per heavy atom. The average Bonchev–Trinajstić information content (AvgIpc) is 3.02. The standard InChI is InChI=1S/C22H30O11/c1-11-20(19(26)21(29-11)15-5-7-27-8-6-15)33-18-9-16(30-13(3)24)22(31-14(4)25)17(32-18)10-28-12(2)23/h11,16-18,20,22H,5-10H2,1-4H3/t11?,16-,17-,18+,20?,22+/m1/s1. The molecule has 2 unspecified atom stereocenters. The molecule has 11 nitrogen and oxygen atoms in total. The fourth-order valence-electron chi connectivity index (χ4n) is 4.07. The van der Waals surface area contributed by atoms with Gasteiger partial charge in [0, 0.05) is 27.2 Å². The Morgan fingerprint density at radius 1 is 1.00 bits per heavy atom. The summed E-state index contributed by atoms with van der Waals surface area (Å²) < 4.78 is 38.7. The molecule has 0 aromatic heterocycles. The van der Waals surface area contributed by atoms with Crippen molar-refractivity contribution >= 4 is 23.7 Å². The van der Waals surface area contributed by atoms with E-state index in [0.717, 1.165) is 5.57 Å². The Hall–Kier alpha value is -2.50. The molecule has 6 atom stereocenters. The van der Waals surface area contributed by atoms with Crippen LogP contribution < -0.4 is 0 Å². The van der Waals surface area contributed by atoms with Gasteiger partial charge >= 0.3 is 17.9 Å². The van der Waals surface area contributed by atoms with Crippen molar-refractivity contribution in [2.75, 3.05) is 19.8 Å². The molecule has 11 heteroatoms. The van der Waals surface area contributed by atoms with Crippen LogP contribution >= 0.6 is 0 Å². The summed E-state index contributed by atoms with van der Waals surface area (Å²) in [6, 6.07) is 0. The van der Waals surface area contributed by atoms with Gasteiger partial charge in [-0.1, -0.05) is 0 Å². The van der Waals surface area contributed by atoms with E-state index in [9.17, 15) is 19.2 Å². The molecule has 3 fully saturated rings. The van der Waals surface area contributed by atoms with Crippen LogP contribution in [0.3, 0.4) is 0 Å². The van der Waals surface area contributed by atoms with Gasteiger partial charge < -0.3 is 33.2 Å². The Labute approximate surface area is 191 Å². The van der Waals surface area contributed by atoms with Gasteiger partial charge in [0.2, 0.25) is 5.78 Å². The first-order valence-electron chi connectivity index (χ1n) is 10.9. The first-order chi connectivity index (χ1) is 15.7. The van der Waals surface area contributed by atoms with Crippen molar-refractivity contribution in [3.63, 3.8) is 0 Å². The minimum atomic E-state index is -1.02. The molecule has 3 rings (SSSR count). The van der Waals surface area contributed by atoms with Crippen LogP contribution in [-0.2, 0) is 52.3 Å². The van der Waals surface area contributed by atoms with Crippen LogP contribution in [0.4, 0.5) is 0 Å². The second-order valence-corrected chi connectivity index (χ2v) is 8.15. The number of carbonyl (C=O) groups is 4. The summed E-state index contributed by atoms with van der Waals surface area (Å²) in [6.07, 6.45) is -4.17. The van der Waals surface area contributed by atoms with Crippen molar-refractivity contribution in [3.8, 4) is 0 Å². The molecule has 0 aromatic carbocycles. The molecule has 0 radical (unpaired) electrons. The highest BCUT2D eigenvalue weighted by molar-refractivity contribution is 6.00. The summed E-state index contributed by atoms with van der Waals surface area (Å²) in [6.45, 7) is 6.17. The summed E-state index contributed by atoms with van der Waals surface area (Å²) in [7, 11) is 0. The molecule has 0 aliphatic carbocycles. The number of ether oxygens (including phenoxy) is 7. The monoisotopic (exact) mass is 470 g/mol. The van der Waals surface area contributed by atoms with Crippen LogP contribution in [0.25, 0.3) is 0 Å². The van der Waals surface area contributed by atoms with Crippen LogP contribution in [0.1, 0.15) is 47.0 Å². The molecule has 0 bridgehead atoms. The smallest absolute Gasteiger partial charge is 0.303 e. The van der Waals surface area contributed by atoms with Gasteiger partial charge in [-0.2, -0.15) is 0 Å². The van der Waals surface area contributed by atoms with Gasteiger partial charge in [-0.15, -0.1) is 0 Å². The maximum atomic E-state index is 13.0. The predicted octanol–water partition coefficient (Wildman–Crippen LogP) is 0.965. The number of hydrogen-bond acceptors (Lipinski definition) is 11. The quantitative estimate of drug-likeness (QED) is 0.312. The highest BCUT2D eigenvalue weighted by Gasteiger charge is 2.48. The van der Waals surface area contributed by atoms with Gasteiger partial charge in [0.15, 0.2) is 24.3 Å². The third-order valence-electron chi connectivity index (χ3n) is 5.48. The fourth-order valence-corrected chi connectivity index (χ4v) is 4.07. The van der Waals surface area contributed by atoms with Crippen molar-refractivity contribution in [3.05, 3.63) is 11.3 Å². The molecule has 33 heavy (non-hydrogen) atoms. The molecule has 0 spiro atoms. The normalized spacial score (nSPS) is 32.2. The number of carbonyl (C=O) groups excluding carboxylic acids is 4. The topological polar surface area (TPSA) is 133 Å². The Morgan fingerprint density at radius 3 is 2.27 bits per heavy atom. The van der Waals surface area contributed by atoms with Crippen LogP contribution in [0, 0.1) is 0 Å². The molecular weight excluding hydrogens is 440 g/mol. The number of hydrogen-bond donors (Lipinski definition) is 0. The number of esters is 3. The Kier molecular flexibility index (Phi) is 8.44. The first-order valence-corrected chi connectivity index (χ1v) is 10.9. The molecular formula is C22H30O11. The maximum absolute atomic E-state index is 13.0. The lowest BCUT2D eigenvalue weighted by atomic mass is 10.0. The maximum Gasteiger partial charge on any atom is 0.303 e. The van der Waals surface area contributed by atoms with E-state index in [2.05, 4.69) is 0 Å². The number of rotatable bonds is 6. The first kappa shape index (κ1) is 25.1. The second kappa shape index (κ2) is 11.1. The van der Waals surface area contributed by atoms with E-state index in [1.54, 1.807) is 6.92 Å². The molecule has 0 saturated carbocycles. The molecule has 3 aliphatic rings. The lowest BCUT2D eigenvalue weighted by Crippen LogP contribution is -2.55. The number of ketones is 1. The van der Waals surface area contributed by atoms with Gasteiger partial charge in [0.1, 0.15) is 24.9 Å². The highest BCUT2D eigenvalue weighted by Crippen LogP contribution is 2.33. The fraction of sp³-hybridized carbons (Fsp3) is 0.727. The average molecular weight is 470 g/mol. The Bertz CT molecular complexity index is 796. The van der Waals surface area contributed by atoms with Gasteiger partial charge in [0.25, 0.3) is 0 Å². The lowest BCUT2D eigenvalue weighted by molar-refractivity contribution is -0.276. The van der Waals surface area contributed by atoms with Gasteiger partial charge in [0.05, 0.1) is 13.2 Å². The lowest BCUT2D eigenvalue weighted by Gasteiger charge is -2.40. The molecule has 0 aromatic rings. The predicted molar refractivity (Wildman–Crippen MR) is 109 cm³/mol. The molecule has 0 N–H and O–H groups in total. The van der Waals surface area contributed by atoms with Crippen molar-refractivity contribution in [1.82, 2.24) is 0 Å². The summed E-state index contributed by atoms with van der Waals surface area (Å²) >= 11 is 0. The third-order valence-corrected chi connectivity index (χ3v) is 5.48. The van der Waals surface area contributed by atoms with E-state index in [0.29, 0.717) is 31.8 Å². The highest BCUT2D eigenvalue weighted by atomic mass is 16.7. The van der Waals surface area contributed by atoms with Crippen LogP contribution in [0.2, 0.25) is 0 Å². The van der Waals surface area contributed by atoms with Crippen LogP contribution in [-0.4, -0.2) is 80.3 Å². The summed E-state index contributed by atoms with van der Waals surface area (Å²) in [5.74, 6) is -1.76. The van der Waals surface area contributed by atoms with Gasteiger partial charge in [-0.25, -0.2) is 0 Å². The van der Waals surface area contributed by atoms with Gasteiger partial charge in [-0.3, -0.25) is 19.2 Å². The number of Topliss-reactive ketones (excluding diaryl/α,β-unsaturated/α-hetero) is 1. The zero-order valence-corrected chi connectivity index (χ0v) is 19.2. The van der Waals surface area contributed by atoms with Crippen molar-refractivity contribution < 1.29 is 52.3 Å². The van der Waals surface area contributed by atoms with E-state index in [1.165, 1.54) is 20.8 Å². The zero-order valence-electron chi connectivity index (χ0n) is 19.2. The van der Waals surface area contributed by atoms with Crippen molar-refractivity contribution in [2.24, 2.45) is 0 Å². The van der Waals surface area contributed by atoms with Crippen LogP contribution in [0.5, 0.6) is 0 Å². The molecule has 0 amide bonds.